The van der Waals surface area contributed by atoms with E-state index in [0.717, 1.165) is 31.5 Å². The standard InChI is InChI=1S/C17H25ClN2O2/c1-19(2)12-15-5-3-4-10-20(15)17(22)11-16(21)13-6-8-14(18)9-7-13/h6-9,15-16,21H,3-5,10-12H2,1-2H3. The van der Waals surface area contributed by atoms with Gasteiger partial charge in [-0.1, -0.05) is 23.7 Å². The van der Waals surface area contributed by atoms with E-state index in [1.165, 1.54) is 6.42 Å². The summed E-state index contributed by atoms with van der Waals surface area (Å²) in [5.41, 5.74) is 0.735. The third-order valence-electron chi connectivity index (χ3n) is 4.15. The molecule has 2 unspecified atom stereocenters. The molecule has 1 amide bonds. The van der Waals surface area contributed by atoms with E-state index in [0.29, 0.717) is 5.02 Å². The van der Waals surface area contributed by atoms with Gasteiger partial charge in [0, 0.05) is 24.2 Å². The Morgan fingerprint density at radius 2 is 2.05 bits per heavy atom. The molecular formula is C17H25ClN2O2. The molecule has 1 saturated heterocycles. The molecule has 2 rings (SSSR count). The van der Waals surface area contributed by atoms with Crippen molar-refractivity contribution < 1.29 is 9.90 Å². The molecule has 1 aromatic rings. The first-order valence-electron chi connectivity index (χ1n) is 7.85. The van der Waals surface area contributed by atoms with E-state index in [4.69, 9.17) is 11.6 Å². The van der Waals surface area contributed by atoms with E-state index in [1.807, 2.05) is 19.0 Å². The van der Waals surface area contributed by atoms with Crippen LogP contribution in [0.25, 0.3) is 0 Å². The van der Waals surface area contributed by atoms with Crippen molar-refractivity contribution in [1.82, 2.24) is 9.80 Å². The smallest absolute Gasteiger partial charge is 0.225 e. The molecule has 2 atom stereocenters. The van der Waals surface area contributed by atoms with Crippen LogP contribution in [0.5, 0.6) is 0 Å². The molecule has 0 spiro atoms. The van der Waals surface area contributed by atoms with E-state index in [1.54, 1.807) is 24.3 Å². The van der Waals surface area contributed by atoms with Crippen LogP contribution in [0.3, 0.4) is 0 Å². The van der Waals surface area contributed by atoms with Crippen molar-refractivity contribution in [2.24, 2.45) is 0 Å². The summed E-state index contributed by atoms with van der Waals surface area (Å²) in [6.45, 7) is 1.67. The topological polar surface area (TPSA) is 43.8 Å². The summed E-state index contributed by atoms with van der Waals surface area (Å²) >= 11 is 5.85. The number of nitrogens with zero attached hydrogens (tertiary/aromatic N) is 2. The maximum absolute atomic E-state index is 12.6. The Labute approximate surface area is 137 Å². The minimum absolute atomic E-state index is 0.0361. The number of carbonyl (C=O) groups is 1. The highest BCUT2D eigenvalue weighted by atomic mass is 35.5. The Bertz CT molecular complexity index is 490. The number of aliphatic hydroxyl groups excluding tert-OH is 1. The van der Waals surface area contributed by atoms with Crippen molar-refractivity contribution in [2.45, 2.75) is 37.8 Å². The molecule has 0 saturated carbocycles. The second-order valence-corrected chi connectivity index (χ2v) is 6.71. The monoisotopic (exact) mass is 324 g/mol. The van der Waals surface area contributed by atoms with E-state index < -0.39 is 6.10 Å². The number of aliphatic hydroxyl groups is 1. The van der Waals surface area contributed by atoms with Crippen LogP contribution in [-0.4, -0.2) is 54.0 Å². The SMILES string of the molecule is CN(C)CC1CCCCN1C(=O)CC(O)c1ccc(Cl)cc1. The third-order valence-corrected chi connectivity index (χ3v) is 4.40. The normalized spacial score (nSPS) is 20.2. The van der Waals surface area contributed by atoms with E-state index >= 15 is 0 Å². The molecule has 22 heavy (non-hydrogen) atoms. The fourth-order valence-electron chi connectivity index (χ4n) is 3.03. The summed E-state index contributed by atoms with van der Waals surface area (Å²) in [4.78, 5) is 16.6. The van der Waals surface area contributed by atoms with E-state index in [9.17, 15) is 9.90 Å². The number of hydrogen-bond donors (Lipinski definition) is 1. The molecule has 0 radical (unpaired) electrons. The first-order valence-corrected chi connectivity index (χ1v) is 8.23. The van der Waals surface area contributed by atoms with Crippen LogP contribution in [0.15, 0.2) is 24.3 Å². The summed E-state index contributed by atoms with van der Waals surface area (Å²) in [5.74, 6) is 0.0361. The molecule has 1 N–H and O–H groups in total. The van der Waals surface area contributed by atoms with Crippen LogP contribution >= 0.6 is 11.6 Å². The van der Waals surface area contributed by atoms with Crippen LogP contribution in [0.1, 0.15) is 37.4 Å². The number of rotatable bonds is 5. The lowest BCUT2D eigenvalue weighted by molar-refractivity contribution is -0.137. The highest BCUT2D eigenvalue weighted by Gasteiger charge is 2.28. The number of amides is 1. The van der Waals surface area contributed by atoms with Gasteiger partial charge in [0.05, 0.1) is 12.5 Å². The van der Waals surface area contributed by atoms with Crippen molar-refractivity contribution in [3.63, 3.8) is 0 Å². The second kappa shape index (κ2) is 7.95. The van der Waals surface area contributed by atoms with Gasteiger partial charge in [0.15, 0.2) is 0 Å². The predicted molar refractivity (Wildman–Crippen MR) is 88.9 cm³/mol. The van der Waals surface area contributed by atoms with Gasteiger partial charge in [0.2, 0.25) is 5.91 Å². The number of hydrogen-bond acceptors (Lipinski definition) is 3. The number of likely N-dealkylation sites (N-methyl/N-ethyl adjacent to an activating group) is 1. The van der Waals surface area contributed by atoms with Gasteiger partial charge in [-0.05, 0) is 51.1 Å². The molecule has 0 aromatic heterocycles. The van der Waals surface area contributed by atoms with Crippen LogP contribution < -0.4 is 0 Å². The van der Waals surface area contributed by atoms with Gasteiger partial charge >= 0.3 is 0 Å². The van der Waals surface area contributed by atoms with Crippen molar-refractivity contribution in [3.05, 3.63) is 34.9 Å². The third kappa shape index (κ3) is 4.70. The van der Waals surface area contributed by atoms with Gasteiger partial charge in [0.1, 0.15) is 0 Å². The summed E-state index contributed by atoms with van der Waals surface area (Å²) in [7, 11) is 4.06. The lowest BCUT2D eigenvalue weighted by Gasteiger charge is -2.37. The fraction of sp³-hybridized carbons (Fsp3) is 0.588. The minimum atomic E-state index is -0.772. The first-order chi connectivity index (χ1) is 10.5. The van der Waals surface area contributed by atoms with Crippen molar-refractivity contribution in [3.8, 4) is 0 Å². The first kappa shape index (κ1) is 17.3. The average molecular weight is 325 g/mol. The van der Waals surface area contributed by atoms with Gasteiger partial charge in [-0.3, -0.25) is 4.79 Å². The quantitative estimate of drug-likeness (QED) is 0.905. The average Bonchev–Trinajstić information content (AvgIpc) is 2.47. The number of likely N-dealkylation sites (tertiary alicyclic amines) is 1. The molecule has 1 heterocycles. The van der Waals surface area contributed by atoms with E-state index in [-0.39, 0.29) is 18.4 Å². The zero-order valence-electron chi connectivity index (χ0n) is 13.3. The van der Waals surface area contributed by atoms with Crippen molar-refractivity contribution in [1.29, 1.82) is 0 Å². The Morgan fingerprint density at radius 1 is 1.36 bits per heavy atom. The molecule has 5 heteroatoms. The van der Waals surface area contributed by atoms with Gasteiger partial charge in [-0.25, -0.2) is 0 Å². The largest absolute Gasteiger partial charge is 0.388 e. The molecule has 1 aliphatic rings. The van der Waals surface area contributed by atoms with Gasteiger partial charge in [-0.15, -0.1) is 0 Å². The number of piperidine rings is 1. The Hall–Kier alpha value is -1.10. The summed E-state index contributed by atoms with van der Waals surface area (Å²) < 4.78 is 0. The summed E-state index contributed by atoms with van der Waals surface area (Å²) in [5, 5.41) is 10.9. The van der Waals surface area contributed by atoms with Crippen LogP contribution in [0, 0.1) is 0 Å². The number of carbonyl (C=O) groups excluding carboxylic acids is 1. The van der Waals surface area contributed by atoms with E-state index in [2.05, 4.69) is 4.90 Å². The lowest BCUT2D eigenvalue weighted by atomic mass is 9.99. The van der Waals surface area contributed by atoms with Crippen molar-refractivity contribution in [2.75, 3.05) is 27.2 Å². The Kier molecular flexibility index (Phi) is 6.24. The van der Waals surface area contributed by atoms with Gasteiger partial charge in [0.25, 0.3) is 0 Å². The van der Waals surface area contributed by atoms with Crippen LogP contribution in [-0.2, 0) is 4.79 Å². The van der Waals surface area contributed by atoms with Gasteiger partial charge < -0.3 is 14.9 Å². The molecule has 1 aromatic carbocycles. The maximum atomic E-state index is 12.6. The molecule has 1 fully saturated rings. The summed E-state index contributed by atoms with van der Waals surface area (Å²) in [6, 6.07) is 7.27. The van der Waals surface area contributed by atoms with Crippen LogP contribution in [0.4, 0.5) is 0 Å². The molecule has 1 aliphatic heterocycles. The zero-order valence-corrected chi connectivity index (χ0v) is 14.1. The molecular weight excluding hydrogens is 300 g/mol. The maximum Gasteiger partial charge on any atom is 0.225 e. The molecule has 0 bridgehead atoms. The molecule has 0 aliphatic carbocycles. The Balaban J connectivity index is 1.98. The number of halogens is 1. The fourth-order valence-corrected chi connectivity index (χ4v) is 3.15. The highest BCUT2D eigenvalue weighted by molar-refractivity contribution is 6.30. The Morgan fingerprint density at radius 3 is 2.68 bits per heavy atom. The lowest BCUT2D eigenvalue weighted by Crippen LogP contribution is -2.48. The zero-order chi connectivity index (χ0) is 16.1. The van der Waals surface area contributed by atoms with Crippen LogP contribution in [0.2, 0.25) is 5.02 Å². The highest BCUT2D eigenvalue weighted by Crippen LogP contribution is 2.23. The summed E-state index contributed by atoms with van der Waals surface area (Å²) in [6.07, 6.45) is 2.62. The molecule has 4 nitrogen and oxygen atoms in total. The van der Waals surface area contributed by atoms with Crippen molar-refractivity contribution >= 4 is 17.5 Å². The predicted octanol–water partition coefficient (Wildman–Crippen LogP) is 2.71. The van der Waals surface area contributed by atoms with Gasteiger partial charge in [-0.2, -0.15) is 0 Å². The molecule has 122 valence electrons. The number of benzene rings is 1. The second-order valence-electron chi connectivity index (χ2n) is 6.27. The minimum Gasteiger partial charge on any atom is -0.388 e.